The molecule has 0 bridgehead atoms. The molecule has 0 saturated carbocycles. The van der Waals surface area contributed by atoms with E-state index in [4.69, 9.17) is 5.11 Å². The highest BCUT2D eigenvalue weighted by molar-refractivity contribution is 7.89. The number of sulfonamides is 1. The Kier molecular flexibility index (Phi) is 5.58. The molecule has 0 aliphatic rings. The zero-order chi connectivity index (χ0) is 15.3. The molecule has 0 aliphatic carbocycles. The highest BCUT2D eigenvalue weighted by Gasteiger charge is 2.22. The number of carboxylic acids is 1. The van der Waals surface area contributed by atoms with Gasteiger partial charge in [-0.25, -0.2) is 17.2 Å². The second-order valence-electron chi connectivity index (χ2n) is 4.13. The molecule has 0 amide bonds. The Labute approximate surface area is 115 Å². The first-order valence-electron chi connectivity index (χ1n) is 5.89. The Morgan fingerprint density at radius 3 is 2.45 bits per heavy atom. The standard InChI is InChI=1S/C12H15F2NO4S/c1-2-15(20(18,19)6-5-12(16)17)8-9-3-4-10(13)11(14)7-9/h3-4,7H,2,5-6,8H2,1H3,(H,16,17). The maximum Gasteiger partial charge on any atom is 0.304 e. The van der Waals surface area contributed by atoms with Crippen LogP contribution < -0.4 is 0 Å². The van der Waals surface area contributed by atoms with Crippen LogP contribution in [0.5, 0.6) is 0 Å². The maximum atomic E-state index is 13.1. The summed E-state index contributed by atoms with van der Waals surface area (Å²) in [5.74, 6) is -3.80. The summed E-state index contributed by atoms with van der Waals surface area (Å²) in [6, 6.07) is 3.13. The van der Waals surface area contributed by atoms with E-state index < -0.39 is 39.8 Å². The van der Waals surface area contributed by atoms with Gasteiger partial charge in [0, 0.05) is 13.1 Å². The van der Waals surface area contributed by atoms with E-state index in [0.29, 0.717) is 5.56 Å². The second kappa shape index (κ2) is 6.76. The van der Waals surface area contributed by atoms with E-state index >= 15 is 0 Å². The van der Waals surface area contributed by atoms with Crippen LogP contribution in [0.2, 0.25) is 0 Å². The Bertz CT molecular complexity index is 589. The SMILES string of the molecule is CCN(Cc1ccc(F)c(F)c1)S(=O)(=O)CCC(=O)O. The smallest absolute Gasteiger partial charge is 0.304 e. The fourth-order valence-electron chi connectivity index (χ4n) is 1.59. The maximum absolute atomic E-state index is 13.1. The van der Waals surface area contributed by atoms with Gasteiger partial charge < -0.3 is 5.11 Å². The Hall–Kier alpha value is -1.54. The van der Waals surface area contributed by atoms with Crippen LogP contribution >= 0.6 is 0 Å². The molecule has 0 saturated heterocycles. The molecule has 1 aromatic carbocycles. The van der Waals surface area contributed by atoms with Gasteiger partial charge in [0.15, 0.2) is 11.6 Å². The molecule has 112 valence electrons. The third kappa shape index (κ3) is 4.53. The lowest BCUT2D eigenvalue weighted by Gasteiger charge is -2.20. The quantitative estimate of drug-likeness (QED) is 0.830. The van der Waals surface area contributed by atoms with Gasteiger partial charge in [-0.2, -0.15) is 4.31 Å². The molecular weight excluding hydrogens is 292 g/mol. The lowest BCUT2D eigenvalue weighted by atomic mass is 10.2. The molecular formula is C12H15F2NO4S. The number of carboxylic acid groups (broad SMARTS) is 1. The summed E-state index contributed by atoms with van der Waals surface area (Å²) in [6.07, 6.45) is -0.503. The molecule has 1 aromatic rings. The number of nitrogens with zero attached hydrogens (tertiary/aromatic N) is 1. The molecule has 0 fully saturated rings. The number of halogens is 2. The minimum atomic E-state index is -3.75. The Morgan fingerprint density at radius 2 is 1.95 bits per heavy atom. The third-order valence-corrected chi connectivity index (χ3v) is 4.56. The van der Waals surface area contributed by atoms with Gasteiger partial charge >= 0.3 is 5.97 Å². The minimum Gasteiger partial charge on any atom is -0.481 e. The monoisotopic (exact) mass is 307 g/mol. The fourth-order valence-corrected chi connectivity index (χ4v) is 3.02. The van der Waals surface area contributed by atoms with E-state index in [1.165, 1.54) is 6.07 Å². The van der Waals surface area contributed by atoms with Crippen molar-refractivity contribution >= 4 is 16.0 Å². The molecule has 0 unspecified atom stereocenters. The second-order valence-corrected chi connectivity index (χ2v) is 6.22. The van der Waals surface area contributed by atoms with Crippen molar-refractivity contribution in [2.45, 2.75) is 19.9 Å². The first-order valence-corrected chi connectivity index (χ1v) is 7.50. The summed E-state index contributed by atoms with van der Waals surface area (Å²) in [6.45, 7) is 1.56. The van der Waals surface area contributed by atoms with Crippen molar-refractivity contribution < 1.29 is 27.1 Å². The molecule has 5 nitrogen and oxygen atoms in total. The van der Waals surface area contributed by atoms with Gasteiger partial charge in [-0.05, 0) is 17.7 Å². The molecule has 8 heteroatoms. The van der Waals surface area contributed by atoms with Gasteiger partial charge in [-0.3, -0.25) is 4.79 Å². The lowest BCUT2D eigenvalue weighted by molar-refractivity contribution is -0.136. The van der Waals surface area contributed by atoms with E-state index in [9.17, 15) is 22.0 Å². The molecule has 0 atom stereocenters. The van der Waals surface area contributed by atoms with Crippen molar-refractivity contribution in [1.82, 2.24) is 4.31 Å². The zero-order valence-electron chi connectivity index (χ0n) is 10.8. The van der Waals surface area contributed by atoms with Gasteiger partial charge in [0.2, 0.25) is 10.0 Å². The zero-order valence-corrected chi connectivity index (χ0v) is 11.7. The van der Waals surface area contributed by atoms with Crippen molar-refractivity contribution in [2.24, 2.45) is 0 Å². The van der Waals surface area contributed by atoms with Crippen LogP contribution in [0.3, 0.4) is 0 Å². The molecule has 0 radical (unpaired) electrons. The van der Waals surface area contributed by atoms with Crippen LogP contribution in [0, 0.1) is 11.6 Å². The average molecular weight is 307 g/mol. The van der Waals surface area contributed by atoms with Crippen molar-refractivity contribution in [3.8, 4) is 0 Å². The van der Waals surface area contributed by atoms with Gasteiger partial charge in [-0.1, -0.05) is 13.0 Å². The van der Waals surface area contributed by atoms with Crippen LogP contribution in [0.15, 0.2) is 18.2 Å². The van der Waals surface area contributed by atoms with E-state index in [1.807, 2.05) is 0 Å². The summed E-state index contributed by atoms with van der Waals surface area (Å²) in [5, 5.41) is 8.51. The number of carbonyl (C=O) groups is 1. The number of benzene rings is 1. The van der Waals surface area contributed by atoms with Crippen molar-refractivity contribution in [1.29, 1.82) is 0 Å². The molecule has 1 rings (SSSR count). The molecule has 0 aromatic heterocycles. The summed E-state index contributed by atoms with van der Waals surface area (Å²) < 4.78 is 50.7. The van der Waals surface area contributed by atoms with Crippen LogP contribution in [-0.4, -0.2) is 36.1 Å². The van der Waals surface area contributed by atoms with Crippen molar-refractivity contribution in [3.05, 3.63) is 35.4 Å². The summed E-state index contributed by atoms with van der Waals surface area (Å²) in [7, 11) is -3.75. The number of aliphatic carboxylic acids is 1. The summed E-state index contributed by atoms with van der Waals surface area (Å²) >= 11 is 0. The molecule has 0 heterocycles. The predicted molar refractivity (Wildman–Crippen MR) is 68.5 cm³/mol. The fraction of sp³-hybridized carbons (Fsp3) is 0.417. The highest BCUT2D eigenvalue weighted by atomic mass is 32.2. The molecule has 20 heavy (non-hydrogen) atoms. The van der Waals surface area contributed by atoms with Crippen LogP contribution in [0.4, 0.5) is 8.78 Å². The van der Waals surface area contributed by atoms with Crippen molar-refractivity contribution in [2.75, 3.05) is 12.3 Å². The van der Waals surface area contributed by atoms with E-state index in [1.54, 1.807) is 6.92 Å². The Balaban J connectivity index is 2.85. The highest BCUT2D eigenvalue weighted by Crippen LogP contribution is 2.14. The third-order valence-electron chi connectivity index (χ3n) is 2.66. The van der Waals surface area contributed by atoms with Gasteiger partial charge in [0.05, 0.1) is 12.2 Å². The number of rotatable bonds is 7. The molecule has 0 aliphatic heterocycles. The predicted octanol–water partition coefficient (Wildman–Crippen LogP) is 1.59. The van der Waals surface area contributed by atoms with Crippen LogP contribution in [0.1, 0.15) is 18.9 Å². The average Bonchev–Trinajstić information content (AvgIpc) is 2.37. The summed E-state index contributed by atoms with van der Waals surface area (Å²) in [5.41, 5.74) is 0.296. The topological polar surface area (TPSA) is 74.7 Å². The first kappa shape index (κ1) is 16.5. The normalized spacial score (nSPS) is 11.8. The van der Waals surface area contributed by atoms with Gasteiger partial charge in [-0.15, -0.1) is 0 Å². The van der Waals surface area contributed by atoms with Crippen molar-refractivity contribution in [3.63, 3.8) is 0 Å². The molecule has 1 N–H and O–H groups in total. The number of hydrogen-bond donors (Lipinski definition) is 1. The van der Waals surface area contributed by atoms with Crippen LogP contribution in [0.25, 0.3) is 0 Å². The van der Waals surface area contributed by atoms with E-state index in [2.05, 4.69) is 0 Å². The van der Waals surface area contributed by atoms with Gasteiger partial charge in [0.1, 0.15) is 0 Å². The summed E-state index contributed by atoms with van der Waals surface area (Å²) in [4.78, 5) is 10.4. The van der Waals surface area contributed by atoms with E-state index in [-0.39, 0.29) is 13.1 Å². The first-order chi connectivity index (χ1) is 9.26. The van der Waals surface area contributed by atoms with Crippen LogP contribution in [-0.2, 0) is 21.4 Å². The minimum absolute atomic E-state index is 0.112. The number of hydrogen-bond acceptors (Lipinski definition) is 3. The molecule has 0 spiro atoms. The van der Waals surface area contributed by atoms with Gasteiger partial charge in [0.25, 0.3) is 0 Å². The van der Waals surface area contributed by atoms with E-state index in [0.717, 1.165) is 16.4 Å². The lowest BCUT2D eigenvalue weighted by Crippen LogP contribution is -2.33. The largest absolute Gasteiger partial charge is 0.481 e. The Morgan fingerprint density at radius 1 is 1.30 bits per heavy atom.